The summed E-state index contributed by atoms with van der Waals surface area (Å²) in [5, 5.41) is 10.4. The molecule has 0 unspecified atom stereocenters. The highest BCUT2D eigenvalue weighted by atomic mass is 127. The van der Waals surface area contributed by atoms with E-state index in [0.717, 1.165) is 31.2 Å². The Balaban J connectivity index is 2.23. The summed E-state index contributed by atoms with van der Waals surface area (Å²) in [5.74, 6) is 0. The van der Waals surface area contributed by atoms with Crippen LogP contribution in [0.15, 0.2) is 24.3 Å². The lowest BCUT2D eigenvalue weighted by Crippen LogP contribution is -2.28. The summed E-state index contributed by atoms with van der Waals surface area (Å²) >= 11 is 2.29. The second-order valence-electron chi connectivity index (χ2n) is 4.10. The van der Waals surface area contributed by atoms with Gasteiger partial charge in [0.05, 0.1) is 5.60 Å². The van der Waals surface area contributed by atoms with Crippen molar-refractivity contribution >= 4 is 22.6 Å². The smallest absolute Gasteiger partial charge is 0.0896 e. The number of rotatable bonds is 1. The molecule has 1 saturated carbocycles. The molecule has 2 rings (SSSR count). The quantitative estimate of drug-likeness (QED) is 0.788. The van der Waals surface area contributed by atoms with E-state index >= 15 is 0 Å². The third-order valence-corrected chi connectivity index (χ3v) is 3.78. The summed E-state index contributed by atoms with van der Waals surface area (Å²) in [6.45, 7) is 0. The van der Waals surface area contributed by atoms with E-state index in [0.29, 0.717) is 0 Å². The number of benzene rings is 1. The molecule has 0 spiro atoms. The lowest BCUT2D eigenvalue weighted by atomic mass is 9.80. The molecule has 1 nitrogen and oxygen atoms in total. The van der Waals surface area contributed by atoms with Gasteiger partial charge in [0, 0.05) is 3.57 Å². The molecule has 0 radical (unpaired) electrons. The summed E-state index contributed by atoms with van der Waals surface area (Å²) in [6, 6.07) is 8.27. The van der Waals surface area contributed by atoms with Crippen molar-refractivity contribution in [2.45, 2.75) is 37.7 Å². The zero-order chi connectivity index (χ0) is 10.0. The Morgan fingerprint density at radius 2 is 1.57 bits per heavy atom. The number of aliphatic hydroxyl groups is 1. The van der Waals surface area contributed by atoms with Gasteiger partial charge in [0.25, 0.3) is 0 Å². The first-order chi connectivity index (χ1) is 6.71. The van der Waals surface area contributed by atoms with Gasteiger partial charge in [-0.05, 0) is 53.1 Å². The number of halogens is 1. The molecule has 0 saturated heterocycles. The average Bonchev–Trinajstić information content (AvgIpc) is 2.19. The van der Waals surface area contributed by atoms with E-state index in [1.807, 2.05) is 0 Å². The van der Waals surface area contributed by atoms with E-state index in [4.69, 9.17) is 0 Å². The molecule has 1 aromatic carbocycles. The van der Waals surface area contributed by atoms with E-state index in [1.54, 1.807) is 0 Å². The molecule has 1 aliphatic rings. The van der Waals surface area contributed by atoms with E-state index in [-0.39, 0.29) is 0 Å². The van der Waals surface area contributed by atoms with Crippen molar-refractivity contribution in [3.63, 3.8) is 0 Å². The van der Waals surface area contributed by atoms with E-state index in [1.165, 1.54) is 9.99 Å². The molecule has 0 atom stereocenters. The summed E-state index contributed by atoms with van der Waals surface area (Å²) < 4.78 is 1.23. The van der Waals surface area contributed by atoms with Crippen LogP contribution in [-0.2, 0) is 5.60 Å². The van der Waals surface area contributed by atoms with Crippen molar-refractivity contribution in [3.05, 3.63) is 33.4 Å². The predicted octanol–water partition coefficient (Wildman–Crippen LogP) is 3.44. The molecule has 2 heteroatoms. The highest BCUT2D eigenvalue weighted by Crippen LogP contribution is 2.36. The van der Waals surface area contributed by atoms with Crippen LogP contribution in [0.25, 0.3) is 0 Å². The highest BCUT2D eigenvalue weighted by Gasteiger charge is 2.30. The van der Waals surface area contributed by atoms with Crippen molar-refractivity contribution in [3.8, 4) is 0 Å². The number of hydrogen-bond donors (Lipinski definition) is 1. The van der Waals surface area contributed by atoms with Gasteiger partial charge < -0.3 is 5.11 Å². The fourth-order valence-corrected chi connectivity index (χ4v) is 2.55. The van der Waals surface area contributed by atoms with Crippen LogP contribution < -0.4 is 0 Å². The SMILES string of the molecule is OC1(c2ccc(I)cc2)CCCCC1. The van der Waals surface area contributed by atoms with E-state index in [2.05, 4.69) is 46.9 Å². The van der Waals surface area contributed by atoms with Gasteiger partial charge in [0.2, 0.25) is 0 Å². The van der Waals surface area contributed by atoms with Gasteiger partial charge in [-0.25, -0.2) is 0 Å². The lowest BCUT2D eigenvalue weighted by molar-refractivity contribution is -0.000636. The molecule has 0 aromatic heterocycles. The zero-order valence-corrected chi connectivity index (χ0v) is 10.3. The molecule has 0 bridgehead atoms. The van der Waals surface area contributed by atoms with Crippen molar-refractivity contribution in [1.82, 2.24) is 0 Å². The van der Waals surface area contributed by atoms with E-state index < -0.39 is 5.60 Å². The normalized spacial score (nSPS) is 20.7. The monoisotopic (exact) mass is 302 g/mol. The Morgan fingerprint density at radius 1 is 1.00 bits per heavy atom. The summed E-state index contributed by atoms with van der Waals surface area (Å²) in [4.78, 5) is 0. The average molecular weight is 302 g/mol. The first-order valence-electron chi connectivity index (χ1n) is 5.19. The minimum atomic E-state index is -0.539. The van der Waals surface area contributed by atoms with Crippen molar-refractivity contribution in [2.24, 2.45) is 0 Å². The van der Waals surface area contributed by atoms with Gasteiger partial charge in [-0.3, -0.25) is 0 Å². The molecule has 1 N–H and O–H groups in total. The lowest BCUT2D eigenvalue weighted by Gasteiger charge is -2.32. The first kappa shape index (κ1) is 10.4. The minimum Gasteiger partial charge on any atom is -0.385 e. The van der Waals surface area contributed by atoms with Crippen molar-refractivity contribution < 1.29 is 5.11 Å². The number of hydrogen-bond acceptors (Lipinski definition) is 1. The maximum atomic E-state index is 10.4. The molecule has 0 aliphatic heterocycles. The predicted molar refractivity (Wildman–Crippen MR) is 66.1 cm³/mol. The maximum Gasteiger partial charge on any atom is 0.0896 e. The van der Waals surface area contributed by atoms with Crippen LogP contribution in [0.5, 0.6) is 0 Å². The molecule has 1 aromatic rings. The second kappa shape index (κ2) is 4.19. The van der Waals surface area contributed by atoms with Crippen LogP contribution in [0.2, 0.25) is 0 Å². The fourth-order valence-electron chi connectivity index (χ4n) is 2.19. The van der Waals surface area contributed by atoms with Gasteiger partial charge in [-0.2, -0.15) is 0 Å². The summed E-state index contributed by atoms with van der Waals surface area (Å²) in [5.41, 5.74) is 0.556. The molecular formula is C12H15IO. The first-order valence-corrected chi connectivity index (χ1v) is 6.27. The van der Waals surface area contributed by atoms with Gasteiger partial charge >= 0.3 is 0 Å². The Kier molecular flexibility index (Phi) is 3.12. The summed E-state index contributed by atoms with van der Waals surface area (Å²) in [7, 11) is 0. The molecular weight excluding hydrogens is 287 g/mol. The van der Waals surface area contributed by atoms with Crippen LogP contribution in [-0.4, -0.2) is 5.11 Å². The minimum absolute atomic E-state index is 0.539. The highest BCUT2D eigenvalue weighted by molar-refractivity contribution is 14.1. The van der Waals surface area contributed by atoms with Gasteiger partial charge in [0.1, 0.15) is 0 Å². The molecule has 1 aliphatic carbocycles. The Bertz CT molecular complexity index is 299. The van der Waals surface area contributed by atoms with Gasteiger partial charge in [-0.1, -0.05) is 31.4 Å². The zero-order valence-electron chi connectivity index (χ0n) is 8.17. The van der Waals surface area contributed by atoms with Gasteiger partial charge in [0.15, 0.2) is 0 Å². The van der Waals surface area contributed by atoms with Crippen LogP contribution >= 0.6 is 22.6 Å². The molecule has 14 heavy (non-hydrogen) atoms. The second-order valence-corrected chi connectivity index (χ2v) is 5.34. The van der Waals surface area contributed by atoms with Gasteiger partial charge in [-0.15, -0.1) is 0 Å². The molecule has 0 heterocycles. The summed E-state index contributed by atoms with van der Waals surface area (Å²) in [6.07, 6.45) is 5.43. The van der Waals surface area contributed by atoms with Crippen LogP contribution in [0.3, 0.4) is 0 Å². The third kappa shape index (κ3) is 2.11. The van der Waals surface area contributed by atoms with Crippen molar-refractivity contribution in [1.29, 1.82) is 0 Å². The largest absolute Gasteiger partial charge is 0.385 e. The van der Waals surface area contributed by atoms with Crippen LogP contribution in [0.4, 0.5) is 0 Å². The molecule has 1 fully saturated rings. The van der Waals surface area contributed by atoms with E-state index in [9.17, 15) is 5.11 Å². The standard InChI is InChI=1S/C12H15IO/c13-11-6-4-10(5-7-11)12(14)8-2-1-3-9-12/h4-7,14H,1-3,8-9H2. The Hall–Kier alpha value is -0.0900. The maximum absolute atomic E-state index is 10.4. The topological polar surface area (TPSA) is 20.2 Å². The van der Waals surface area contributed by atoms with Crippen molar-refractivity contribution in [2.75, 3.05) is 0 Å². The Morgan fingerprint density at radius 3 is 2.14 bits per heavy atom. The Labute approximate surface area is 98.7 Å². The molecule has 76 valence electrons. The van der Waals surface area contributed by atoms with Crippen LogP contribution in [0.1, 0.15) is 37.7 Å². The fraction of sp³-hybridized carbons (Fsp3) is 0.500. The van der Waals surface area contributed by atoms with Crippen LogP contribution in [0, 0.1) is 3.57 Å². The third-order valence-electron chi connectivity index (χ3n) is 3.06. The molecule has 0 amide bonds.